The second kappa shape index (κ2) is 9.19. The zero-order chi connectivity index (χ0) is 23.0. The van der Waals surface area contributed by atoms with Crippen LogP contribution in [0.4, 0.5) is 11.5 Å². The van der Waals surface area contributed by atoms with Gasteiger partial charge >= 0.3 is 0 Å². The summed E-state index contributed by atoms with van der Waals surface area (Å²) in [6.07, 6.45) is 4.03. The van der Waals surface area contributed by atoms with Gasteiger partial charge in [0.15, 0.2) is 15.7 Å². The minimum atomic E-state index is -3.60. The Bertz CT molecular complexity index is 1110. The molecule has 0 saturated carbocycles. The number of aromatic nitrogens is 1. The number of rotatable bonds is 6. The third-order valence-corrected chi connectivity index (χ3v) is 8.62. The zero-order valence-electron chi connectivity index (χ0n) is 18.6. The maximum absolute atomic E-state index is 13.3. The Labute approximate surface area is 199 Å². The van der Waals surface area contributed by atoms with Crippen LogP contribution in [0.3, 0.4) is 0 Å². The Morgan fingerprint density at radius 2 is 1.85 bits per heavy atom. The van der Waals surface area contributed by atoms with Crippen LogP contribution in [0.15, 0.2) is 29.2 Å². The molecule has 33 heavy (non-hydrogen) atoms. The topological polar surface area (TPSA) is 81.2 Å². The summed E-state index contributed by atoms with van der Waals surface area (Å²) in [6.45, 7) is 3.21. The maximum Gasteiger partial charge on any atom is 0.246 e. The monoisotopic (exact) mass is 493 g/mol. The molecular weight excluding hydrogens is 466 g/mol. The van der Waals surface area contributed by atoms with Crippen molar-refractivity contribution in [3.63, 3.8) is 0 Å². The van der Waals surface area contributed by atoms with Crippen molar-refractivity contribution < 1.29 is 22.6 Å². The van der Waals surface area contributed by atoms with Gasteiger partial charge in [-0.3, -0.25) is 0 Å². The van der Waals surface area contributed by atoms with E-state index in [4.69, 9.17) is 30.8 Å². The van der Waals surface area contributed by atoms with Gasteiger partial charge in [-0.15, -0.1) is 0 Å². The van der Waals surface area contributed by atoms with E-state index in [1.807, 2.05) is 9.80 Å². The summed E-state index contributed by atoms with van der Waals surface area (Å²) in [4.78, 5) is 8.96. The van der Waals surface area contributed by atoms with Crippen molar-refractivity contribution in [3.05, 3.63) is 29.3 Å². The highest BCUT2D eigenvalue weighted by Gasteiger charge is 2.39. The van der Waals surface area contributed by atoms with Crippen molar-refractivity contribution in [2.45, 2.75) is 36.7 Å². The van der Waals surface area contributed by atoms with Gasteiger partial charge in [0.25, 0.3) is 0 Å². The maximum atomic E-state index is 13.3. The summed E-state index contributed by atoms with van der Waals surface area (Å²) in [7, 11) is -2.00. The van der Waals surface area contributed by atoms with Crippen molar-refractivity contribution in [2.75, 3.05) is 55.4 Å². The second-order valence-corrected chi connectivity index (χ2v) is 11.0. The number of benzene rings is 1. The zero-order valence-corrected chi connectivity index (χ0v) is 20.2. The van der Waals surface area contributed by atoms with Crippen molar-refractivity contribution >= 4 is 32.9 Å². The number of fused-ring (bicyclic) bond motifs is 1. The van der Waals surface area contributed by atoms with E-state index in [0.717, 1.165) is 45.4 Å². The van der Waals surface area contributed by atoms with E-state index in [-0.39, 0.29) is 27.7 Å². The molecule has 3 aliphatic rings. The molecule has 2 fully saturated rings. The molecule has 0 amide bonds. The first-order chi connectivity index (χ1) is 16.0. The lowest BCUT2D eigenvalue weighted by Gasteiger charge is -2.35. The molecule has 1 aromatic heterocycles. The van der Waals surface area contributed by atoms with Crippen molar-refractivity contribution in [1.29, 1.82) is 0 Å². The highest BCUT2D eigenvalue weighted by atomic mass is 35.5. The summed E-state index contributed by atoms with van der Waals surface area (Å²) in [5.41, 5.74) is 0.431. The molecule has 1 aromatic carbocycles. The number of sulfone groups is 1. The van der Waals surface area contributed by atoms with Crippen LogP contribution < -0.4 is 19.3 Å². The number of hydrogen-bond acceptors (Lipinski definition) is 8. The third kappa shape index (κ3) is 4.46. The van der Waals surface area contributed by atoms with Crippen LogP contribution in [0.5, 0.6) is 17.4 Å². The second-order valence-electron chi connectivity index (χ2n) is 8.60. The molecule has 3 aliphatic heterocycles. The minimum Gasteiger partial charge on any atom is -0.497 e. The van der Waals surface area contributed by atoms with E-state index in [2.05, 4.69) is 0 Å². The molecule has 0 bridgehead atoms. The third-order valence-electron chi connectivity index (χ3n) is 6.41. The van der Waals surface area contributed by atoms with E-state index >= 15 is 0 Å². The van der Waals surface area contributed by atoms with Gasteiger partial charge in [-0.1, -0.05) is 11.6 Å². The Morgan fingerprint density at radius 1 is 1.12 bits per heavy atom. The molecule has 178 valence electrons. The molecule has 0 unspecified atom stereocenters. The van der Waals surface area contributed by atoms with Gasteiger partial charge < -0.3 is 24.0 Å². The first-order valence-corrected chi connectivity index (χ1v) is 13.4. The molecule has 8 nitrogen and oxygen atoms in total. The molecular formula is C23H28ClN3O5S. The van der Waals surface area contributed by atoms with E-state index in [9.17, 15) is 8.42 Å². The van der Waals surface area contributed by atoms with Crippen LogP contribution in [0.2, 0.25) is 5.02 Å². The van der Waals surface area contributed by atoms with Gasteiger partial charge in [0.1, 0.15) is 27.1 Å². The minimum absolute atomic E-state index is 0.00211. The average Bonchev–Trinajstić information content (AvgIpc) is 3.52. The molecule has 10 heteroatoms. The summed E-state index contributed by atoms with van der Waals surface area (Å²) >= 11 is 6.77. The van der Waals surface area contributed by atoms with Crippen LogP contribution in [0, 0.1) is 0 Å². The van der Waals surface area contributed by atoms with Gasteiger partial charge in [-0.2, -0.15) is 4.98 Å². The van der Waals surface area contributed by atoms with Gasteiger partial charge in [0.2, 0.25) is 5.88 Å². The largest absolute Gasteiger partial charge is 0.497 e. The fourth-order valence-electron chi connectivity index (χ4n) is 4.69. The molecule has 0 N–H and O–H groups in total. The smallest absolute Gasteiger partial charge is 0.246 e. The van der Waals surface area contributed by atoms with Crippen LogP contribution >= 0.6 is 11.6 Å². The van der Waals surface area contributed by atoms with Crippen molar-refractivity contribution in [2.24, 2.45) is 0 Å². The molecule has 5 rings (SSSR count). The molecule has 4 heterocycles. The van der Waals surface area contributed by atoms with E-state index in [0.29, 0.717) is 36.1 Å². The van der Waals surface area contributed by atoms with Crippen LogP contribution in [-0.2, 0) is 14.6 Å². The van der Waals surface area contributed by atoms with Gasteiger partial charge in [0.05, 0.1) is 19.0 Å². The number of anilines is 2. The molecule has 0 aliphatic carbocycles. The molecule has 2 saturated heterocycles. The Kier molecular flexibility index (Phi) is 6.28. The van der Waals surface area contributed by atoms with Gasteiger partial charge in [-0.25, -0.2) is 8.42 Å². The summed E-state index contributed by atoms with van der Waals surface area (Å²) < 4.78 is 43.8. The highest BCUT2D eigenvalue weighted by molar-refractivity contribution is 7.91. The van der Waals surface area contributed by atoms with Gasteiger partial charge in [0, 0.05) is 32.8 Å². The fourth-order valence-corrected chi connectivity index (χ4v) is 6.83. The predicted octanol–water partition coefficient (Wildman–Crippen LogP) is 3.91. The molecule has 0 radical (unpaired) electrons. The normalized spacial score (nSPS) is 21.8. The standard InChI is InChI=1S/C23H28ClN3O5S/c1-30-16-6-8-17(9-7-16)32-23-20-21(19(24)22(25-23)26-10-2-3-11-26)33(28,29)14-12-27(20)15-18-5-4-13-31-18/h6-9,18H,2-5,10-15H2,1H3/t18-/m0/s1. The predicted molar refractivity (Wildman–Crippen MR) is 127 cm³/mol. The Morgan fingerprint density at radius 3 is 2.52 bits per heavy atom. The Balaban J connectivity index is 1.63. The summed E-state index contributed by atoms with van der Waals surface area (Å²) in [6, 6.07) is 7.14. The summed E-state index contributed by atoms with van der Waals surface area (Å²) in [5.74, 6) is 1.97. The SMILES string of the molecule is COc1ccc(Oc2nc(N3CCCC3)c(Cl)c3c2N(C[C@@H]2CCCO2)CCS3(=O)=O)cc1. The van der Waals surface area contributed by atoms with Crippen LogP contribution in [-0.4, -0.2) is 65.2 Å². The van der Waals surface area contributed by atoms with Crippen LogP contribution in [0.25, 0.3) is 0 Å². The van der Waals surface area contributed by atoms with Crippen molar-refractivity contribution in [1.82, 2.24) is 4.98 Å². The number of methoxy groups -OCH3 is 1. The lowest BCUT2D eigenvalue weighted by atomic mass is 10.2. The number of nitrogens with zero attached hydrogens (tertiary/aromatic N) is 3. The molecule has 2 aromatic rings. The highest BCUT2D eigenvalue weighted by Crippen LogP contribution is 2.47. The number of ether oxygens (including phenoxy) is 3. The average molecular weight is 494 g/mol. The van der Waals surface area contributed by atoms with E-state index < -0.39 is 9.84 Å². The number of halogens is 1. The first kappa shape index (κ1) is 22.6. The van der Waals surface area contributed by atoms with Crippen molar-refractivity contribution in [3.8, 4) is 17.4 Å². The quantitative estimate of drug-likeness (QED) is 0.599. The van der Waals surface area contributed by atoms with Gasteiger partial charge in [-0.05, 0) is 49.9 Å². The molecule has 0 spiro atoms. The lowest BCUT2D eigenvalue weighted by molar-refractivity contribution is 0.115. The number of hydrogen-bond donors (Lipinski definition) is 0. The summed E-state index contributed by atoms with van der Waals surface area (Å²) in [5, 5.41) is 0.186. The Hall–Kier alpha value is -2.23. The van der Waals surface area contributed by atoms with E-state index in [1.165, 1.54) is 0 Å². The molecule has 1 atom stereocenters. The van der Waals surface area contributed by atoms with Crippen LogP contribution in [0.1, 0.15) is 25.7 Å². The fraction of sp³-hybridized carbons (Fsp3) is 0.522. The lowest BCUT2D eigenvalue weighted by Crippen LogP contribution is -2.40. The first-order valence-electron chi connectivity index (χ1n) is 11.4. The van der Waals surface area contributed by atoms with E-state index in [1.54, 1.807) is 31.4 Å². The number of pyridine rings is 1.